The van der Waals surface area contributed by atoms with Crippen molar-refractivity contribution in [3.05, 3.63) is 4.91 Å². The minimum atomic E-state index is -0.502. The van der Waals surface area contributed by atoms with E-state index >= 15 is 0 Å². The molecule has 11 heavy (non-hydrogen) atoms. The molecule has 66 valence electrons. The first-order valence-electron chi connectivity index (χ1n) is 3.67. The van der Waals surface area contributed by atoms with Crippen LogP contribution in [0.5, 0.6) is 0 Å². The fourth-order valence-electron chi connectivity index (χ4n) is 0.660. The minimum absolute atomic E-state index is 0.480. The lowest BCUT2D eigenvalue weighted by atomic mass is 10.3. The lowest BCUT2D eigenvalue weighted by Crippen LogP contribution is -2.37. The van der Waals surface area contributed by atoms with Crippen molar-refractivity contribution < 1.29 is 10.1 Å². The third-order valence-corrected chi connectivity index (χ3v) is 1.39. The second kappa shape index (κ2) is 6.21. The fraction of sp³-hybridized carbons (Fsp3) is 1.00. The molecule has 0 saturated carbocycles. The summed E-state index contributed by atoms with van der Waals surface area (Å²) in [6, 6.07) is 0. The Hall–Kier alpha value is -0.520. The highest BCUT2D eigenvalue weighted by molar-refractivity contribution is 4.62. The first kappa shape index (κ1) is 10.5. The van der Waals surface area contributed by atoms with Crippen molar-refractivity contribution in [2.75, 3.05) is 0 Å². The van der Waals surface area contributed by atoms with Crippen molar-refractivity contribution >= 4 is 0 Å². The van der Waals surface area contributed by atoms with Crippen LogP contribution in [0.2, 0.25) is 0 Å². The zero-order chi connectivity index (χ0) is 8.69. The molecule has 0 bridgehead atoms. The lowest BCUT2D eigenvalue weighted by Gasteiger charge is -2.15. The number of rotatable bonds is 6. The Labute approximate surface area is 65.6 Å². The molecule has 5 nitrogen and oxygen atoms in total. The zero-order valence-electron chi connectivity index (χ0n) is 6.78. The summed E-state index contributed by atoms with van der Waals surface area (Å²) in [5.41, 5.74) is 0. The van der Waals surface area contributed by atoms with Crippen molar-refractivity contribution in [2.45, 2.75) is 39.1 Å². The van der Waals surface area contributed by atoms with Crippen molar-refractivity contribution in [2.24, 2.45) is 5.18 Å². The Kier molecular flexibility index (Phi) is 5.91. The molecule has 0 aromatic carbocycles. The summed E-state index contributed by atoms with van der Waals surface area (Å²) in [6.45, 7) is 3.65. The summed E-state index contributed by atoms with van der Waals surface area (Å²) in [5.74, 6) is 0. The Balaban J connectivity index is 3.67. The van der Waals surface area contributed by atoms with Gasteiger partial charge in [-0.05, 0) is 12.8 Å². The van der Waals surface area contributed by atoms with E-state index in [2.05, 4.69) is 15.4 Å². The molecule has 5 heteroatoms. The van der Waals surface area contributed by atoms with Crippen LogP contribution in [0.4, 0.5) is 0 Å². The average Bonchev–Trinajstić information content (AvgIpc) is 2.07. The molecule has 0 fully saturated rings. The highest BCUT2D eigenvalue weighted by atomic mass is 17.1. The van der Waals surface area contributed by atoms with Crippen LogP contribution in [0.25, 0.3) is 0 Å². The smallest absolute Gasteiger partial charge is 0.144 e. The van der Waals surface area contributed by atoms with Crippen LogP contribution in [0.3, 0.4) is 0 Å². The molecular weight excluding hydrogens is 148 g/mol. The van der Waals surface area contributed by atoms with Gasteiger partial charge in [0, 0.05) is 0 Å². The Bertz CT molecular complexity index is 106. The van der Waals surface area contributed by atoms with Gasteiger partial charge in [-0.1, -0.05) is 19.0 Å². The van der Waals surface area contributed by atoms with Gasteiger partial charge in [-0.2, -0.15) is 0 Å². The molecule has 0 aliphatic rings. The summed E-state index contributed by atoms with van der Waals surface area (Å²) in [6.07, 6.45) is 0.191. The van der Waals surface area contributed by atoms with Gasteiger partial charge in [0.2, 0.25) is 0 Å². The number of hydrogen-bond donors (Lipinski definition) is 2. The first-order chi connectivity index (χ1) is 5.28. The minimum Gasteiger partial charge on any atom is -0.265 e. The molecule has 0 radical (unpaired) electrons. The van der Waals surface area contributed by atoms with E-state index in [1.54, 1.807) is 0 Å². The summed E-state index contributed by atoms with van der Waals surface area (Å²) in [4.78, 5) is 14.1. The lowest BCUT2D eigenvalue weighted by molar-refractivity contribution is -0.288. The third-order valence-electron chi connectivity index (χ3n) is 1.39. The van der Waals surface area contributed by atoms with Crippen LogP contribution in [-0.4, -0.2) is 17.7 Å². The maximum atomic E-state index is 10.1. The molecular formula is C6H14N2O3. The summed E-state index contributed by atoms with van der Waals surface area (Å²) < 4.78 is 0. The number of nitroso groups, excluding NO2 is 1. The standard InChI is InChI=1S/C6H14N2O3/c1-3-5(8-9)7-6(4-2)11-10/h5-7,10H,3-4H2,1-2H3. The van der Waals surface area contributed by atoms with Crippen molar-refractivity contribution in [1.82, 2.24) is 5.32 Å². The van der Waals surface area contributed by atoms with Gasteiger partial charge >= 0.3 is 0 Å². The van der Waals surface area contributed by atoms with E-state index in [4.69, 9.17) is 5.26 Å². The molecule has 2 unspecified atom stereocenters. The Morgan fingerprint density at radius 1 is 1.55 bits per heavy atom. The van der Waals surface area contributed by atoms with E-state index in [1.165, 1.54) is 0 Å². The van der Waals surface area contributed by atoms with E-state index < -0.39 is 12.4 Å². The first-order valence-corrected chi connectivity index (χ1v) is 3.67. The number of hydrogen-bond acceptors (Lipinski definition) is 5. The number of nitrogens with one attached hydrogen (secondary N) is 1. The second-order valence-corrected chi connectivity index (χ2v) is 2.20. The van der Waals surface area contributed by atoms with E-state index in [9.17, 15) is 4.91 Å². The predicted molar refractivity (Wildman–Crippen MR) is 40.8 cm³/mol. The fourth-order valence-corrected chi connectivity index (χ4v) is 0.660. The molecule has 2 N–H and O–H groups in total. The highest BCUT2D eigenvalue weighted by Gasteiger charge is 2.11. The van der Waals surface area contributed by atoms with Gasteiger partial charge in [0.05, 0.1) is 0 Å². The van der Waals surface area contributed by atoms with E-state index in [0.29, 0.717) is 12.8 Å². The van der Waals surface area contributed by atoms with Crippen LogP contribution >= 0.6 is 0 Å². The molecule has 0 amide bonds. The van der Waals surface area contributed by atoms with Gasteiger partial charge in [0.25, 0.3) is 0 Å². The molecule has 0 aromatic rings. The van der Waals surface area contributed by atoms with Crippen LogP contribution < -0.4 is 5.32 Å². The summed E-state index contributed by atoms with van der Waals surface area (Å²) in [5, 5.41) is 13.8. The maximum absolute atomic E-state index is 10.1. The molecule has 0 saturated heterocycles. The molecule has 2 atom stereocenters. The average molecular weight is 162 g/mol. The van der Waals surface area contributed by atoms with Crippen molar-refractivity contribution in [3.63, 3.8) is 0 Å². The zero-order valence-corrected chi connectivity index (χ0v) is 6.78. The molecule has 0 spiro atoms. The summed E-state index contributed by atoms with van der Waals surface area (Å²) >= 11 is 0. The van der Waals surface area contributed by atoms with Gasteiger partial charge in [-0.25, -0.2) is 4.89 Å². The Morgan fingerprint density at radius 2 is 2.18 bits per heavy atom. The van der Waals surface area contributed by atoms with Crippen LogP contribution in [0.15, 0.2) is 5.18 Å². The Morgan fingerprint density at radius 3 is 2.45 bits per heavy atom. The largest absolute Gasteiger partial charge is 0.265 e. The van der Waals surface area contributed by atoms with Gasteiger partial charge in [-0.3, -0.25) is 10.6 Å². The van der Waals surface area contributed by atoms with Crippen LogP contribution in [0, 0.1) is 4.91 Å². The van der Waals surface area contributed by atoms with Crippen molar-refractivity contribution in [1.29, 1.82) is 0 Å². The number of nitrogens with zero attached hydrogens (tertiary/aromatic N) is 1. The van der Waals surface area contributed by atoms with Gasteiger partial charge in [0.15, 0.2) is 0 Å². The second-order valence-electron chi connectivity index (χ2n) is 2.20. The topological polar surface area (TPSA) is 70.9 Å². The van der Waals surface area contributed by atoms with Crippen LogP contribution in [0.1, 0.15) is 26.7 Å². The molecule has 0 heterocycles. The molecule has 0 aliphatic carbocycles. The van der Waals surface area contributed by atoms with Gasteiger partial charge in [-0.15, -0.1) is 4.91 Å². The molecule has 0 aliphatic heterocycles. The van der Waals surface area contributed by atoms with E-state index in [-0.39, 0.29) is 0 Å². The SMILES string of the molecule is CCC(N=O)NC(CC)OO. The monoisotopic (exact) mass is 162 g/mol. The van der Waals surface area contributed by atoms with Gasteiger partial charge in [0.1, 0.15) is 12.4 Å². The predicted octanol–water partition coefficient (Wildman–Crippen LogP) is 1.30. The van der Waals surface area contributed by atoms with E-state index in [0.717, 1.165) is 0 Å². The van der Waals surface area contributed by atoms with E-state index in [1.807, 2.05) is 13.8 Å². The van der Waals surface area contributed by atoms with Gasteiger partial charge < -0.3 is 0 Å². The van der Waals surface area contributed by atoms with Crippen molar-refractivity contribution in [3.8, 4) is 0 Å². The third kappa shape index (κ3) is 4.02. The quantitative estimate of drug-likeness (QED) is 0.267. The highest BCUT2D eigenvalue weighted by Crippen LogP contribution is 1.97. The maximum Gasteiger partial charge on any atom is 0.144 e. The molecule has 0 aromatic heterocycles. The summed E-state index contributed by atoms with van der Waals surface area (Å²) in [7, 11) is 0. The normalized spacial score (nSPS) is 15.9. The molecule has 0 rings (SSSR count). The van der Waals surface area contributed by atoms with Crippen LogP contribution in [-0.2, 0) is 4.89 Å².